The lowest BCUT2D eigenvalue weighted by molar-refractivity contribution is -0.117. The Morgan fingerprint density at radius 1 is 1.03 bits per heavy atom. The number of benzene rings is 2. The molecule has 0 unspecified atom stereocenters. The van der Waals surface area contributed by atoms with E-state index < -0.39 is 0 Å². The van der Waals surface area contributed by atoms with Gasteiger partial charge in [0.25, 0.3) is 5.91 Å². The van der Waals surface area contributed by atoms with Crippen LogP contribution in [-0.2, 0) is 4.79 Å². The van der Waals surface area contributed by atoms with Gasteiger partial charge in [0.15, 0.2) is 17.3 Å². The molecule has 3 heterocycles. The molecule has 1 aromatic heterocycles. The zero-order valence-corrected chi connectivity index (χ0v) is 16.6. The van der Waals surface area contributed by atoms with Crippen LogP contribution in [-0.4, -0.2) is 31.2 Å². The summed E-state index contributed by atoms with van der Waals surface area (Å²) < 4.78 is 16.5. The van der Waals surface area contributed by atoms with Crippen molar-refractivity contribution < 1.29 is 23.5 Å². The molecular formula is C23H20N2O5. The van der Waals surface area contributed by atoms with Crippen molar-refractivity contribution in [1.82, 2.24) is 0 Å². The number of nitrogens with zero attached hydrogens (tertiary/aromatic N) is 2. The first-order valence-corrected chi connectivity index (χ1v) is 9.73. The summed E-state index contributed by atoms with van der Waals surface area (Å²) in [6.45, 7) is 4.00. The maximum Gasteiger partial charge on any atom is 0.294 e. The molecule has 2 amide bonds. The highest BCUT2D eigenvalue weighted by molar-refractivity contribution is 6.10. The smallest absolute Gasteiger partial charge is 0.294 e. The minimum absolute atomic E-state index is 0.0704. The average Bonchev–Trinajstić information content (AvgIpc) is 3.43. The number of amides is 2. The third-order valence-electron chi connectivity index (χ3n) is 5.44. The lowest BCUT2D eigenvalue weighted by Crippen LogP contribution is -2.51. The molecule has 2 aromatic carbocycles. The van der Waals surface area contributed by atoms with E-state index in [1.807, 2.05) is 43.3 Å². The van der Waals surface area contributed by atoms with Gasteiger partial charge >= 0.3 is 0 Å². The summed E-state index contributed by atoms with van der Waals surface area (Å²) in [7, 11) is 0. The summed E-state index contributed by atoms with van der Waals surface area (Å²) >= 11 is 0. The topological polar surface area (TPSA) is 72.2 Å². The Kier molecular flexibility index (Phi) is 4.24. The average molecular weight is 404 g/mol. The van der Waals surface area contributed by atoms with Gasteiger partial charge in [-0.05, 0) is 42.8 Å². The van der Waals surface area contributed by atoms with E-state index in [4.69, 9.17) is 13.9 Å². The molecule has 30 heavy (non-hydrogen) atoms. The molecule has 0 fully saturated rings. The van der Waals surface area contributed by atoms with Gasteiger partial charge in [0.05, 0.1) is 23.7 Å². The summed E-state index contributed by atoms with van der Waals surface area (Å²) in [5.41, 5.74) is 3.07. The van der Waals surface area contributed by atoms with Crippen molar-refractivity contribution in [3.8, 4) is 22.6 Å². The van der Waals surface area contributed by atoms with Crippen molar-refractivity contribution in [2.75, 3.05) is 23.1 Å². The molecule has 0 bridgehead atoms. The number of ether oxygens (including phenoxy) is 2. The first kappa shape index (κ1) is 18.3. The predicted molar refractivity (Wildman–Crippen MR) is 111 cm³/mol. The second-order valence-corrected chi connectivity index (χ2v) is 7.37. The Bertz CT molecular complexity index is 1140. The number of hydrogen-bond donors (Lipinski definition) is 0. The summed E-state index contributed by atoms with van der Waals surface area (Å²) in [4.78, 5) is 28.9. The molecule has 2 aliphatic heterocycles. The quantitative estimate of drug-likeness (QED) is 0.644. The van der Waals surface area contributed by atoms with Crippen LogP contribution in [0.5, 0.6) is 11.5 Å². The van der Waals surface area contributed by atoms with Crippen molar-refractivity contribution in [2.24, 2.45) is 0 Å². The summed E-state index contributed by atoms with van der Waals surface area (Å²) in [5.74, 6) is 1.30. The normalized spacial score (nSPS) is 17.1. The molecule has 0 spiro atoms. The van der Waals surface area contributed by atoms with Crippen LogP contribution in [0.15, 0.2) is 59.2 Å². The first-order valence-electron chi connectivity index (χ1n) is 9.73. The number of carbonyl (C=O) groups is 2. The van der Waals surface area contributed by atoms with E-state index in [9.17, 15) is 9.59 Å². The highest BCUT2D eigenvalue weighted by atomic mass is 16.7. The Balaban J connectivity index is 1.66. The molecule has 0 saturated carbocycles. The number of carbonyl (C=O) groups excluding carboxylic acids is 2. The van der Waals surface area contributed by atoms with Crippen LogP contribution in [0.3, 0.4) is 0 Å². The molecule has 0 N–H and O–H groups in total. The molecule has 3 aromatic rings. The van der Waals surface area contributed by atoms with Gasteiger partial charge in [-0.1, -0.05) is 18.2 Å². The predicted octanol–water partition coefficient (Wildman–Crippen LogP) is 4.08. The number of hydrogen-bond acceptors (Lipinski definition) is 5. The number of fused-ring (bicyclic) bond motifs is 2. The Labute approximate surface area is 173 Å². The standard InChI is InChI=1S/C23H20N2O5/c1-14-12-24(23(27)21-7-4-10-28-21)19-11-16(8-9-18(19)25(14)15(2)26)17-5-3-6-20-22(17)30-13-29-20/h3-11,14H,12-13H2,1-2H3/t14-/m0/s1. The third-order valence-corrected chi connectivity index (χ3v) is 5.44. The lowest BCUT2D eigenvalue weighted by Gasteiger charge is -2.40. The first-order chi connectivity index (χ1) is 14.5. The Morgan fingerprint density at radius 3 is 2.67 bits per heavy atom. The van der Waals surface area contributed by atoms with Crippen molar-refractivity contribution in [1.29, 1.82) is 0 Å². The van der Waals surface area contributed by atoms with Gasteiger partial charge in [-0.25, -0.2) is 0 Å². The Hall–Kier alpha value is -3.74. The molecule has 5 rings (SSSR count). The molecule has 0 saturated heterocycles. The van der Waals surface area contributed by atoms with Gasteiger partial charge in [-0.2, -0.15) is 0 Å². The number of rotatable bonds is 2. The fraction of sp³-hybridized carbons (Fsp3) is 0.217. The van der Waals surface area contributed by atoms with Crippen LogP contribution in [0, 0.1) is 0 Å². The molecule has 0 aliphatic carbocycles. The second-order valence-electron chi connectivity index (χ2n) is 7.37. The van der Waals surface area contributed by atoms with Gasteiger partial charge < -0.3 is 23.7 Å². The number of para-hydroxylation sites is 1. The summed E-state index contributed by atoms with van der Waals surface area (Å²) in [5, 5.41) is 0. The summed E-state index contributed by atoms with van der Waals surface area (Å²) in [6.07, 6.45) is 1.48. The molecule has 7 nitrogen and oxygen atoms in total. The zero-order chi connectivity index (χ0) is 20.8. The maximum atomic E-state index is 13.2. The molecule has 7 heteroatoms. The fourth-order valence-electron chi connectivity index (χ4n) is 4.16. The van der Waals surface area contributed by atoms with Gasteiger partial charge in [-0.15, -0.1) is 0 Å². The van der Waals surface area contributed by atoms with Crippen molar-refractivity contribution in [2.45, 2.75) is 19.9 Å². The second kappa shape index (κ2) is 6.95. The number of furan rings is 1. The van der Waals surface area contributed by atoms with E-state index >= 15 is 0 Å². The molecule has 152 valence electrons. The van der Waals surface area contributed by atoms with Crippen LogP contribution in [0.1, 0.15) is 24.4 Å². The van der Waals surface area contributed by atoms with E-state index in [-0.39, 0.29) is 30.4 Å². The third kappa shape index (κ3) is 2.82. The van der Waals surface area contributed by atoms with Crippen LogP contribution in [0.2, 0.25) is 0 Å². The van der Waals surface area contributed by atoms with E-state index in [1.54, 1.807) is 21.9 Å². The van der Waals surface area contributed by atoms with Crippen LogP contribution in [0.25, 0.3) is 11.1 Å². The van der Waals surface area contributed by atoms with Gasteiger partial charge in [0.1, 0.15) is 0 Å². The summed E-state index contributed by atoms with van der Waals surface area (Å²) in [6, 6.07) is 14.6. The van der Waals surface area contributed by atoms with E-state index in [0.717, 1.165) is 11.1 Å². The fourth-order valence-corrected chi connectivity index (χ4v) is 4.16. The monoisotopic (exact) mass is 404 g/mol. The van der Waals surface area contributed by atoms with Gasteiger partial charge in [-0.3, -0.25) is 9.59 Å². The van der Waals surface area contributed by atoms with Crippen molar-refractivity contribution in [3.05, 3.63) is 60.6 Å². The van der Waals surface area contributed by atoms with Crippen molar-refractivity contribution >= 4 is 23.2 Å². The lowest BCUT2D eigenvalue weighted by atomic mass is 9.99. The van der Waals surface area contributed by atoms with E-state index in [1.165, 1.54) is 13.2 Å². The van der Waals surface area contributed by atoms with Crippen molar-refractivity contribution in [3.63, 3.8) is 0 Å². The highest BCUT2D eigenvalue weighted by Crippen LogP contribution is 2.45. The molecule has 0 radical (unpaired) electrons. The van der Waals surface area contributed by atoms with Crippen LogP contribution in [0.4, 0.5) is 11.4 Å². The number of anilines is 2. The van der Waals surface area contributed by atoms with Crippen LogP contribution < -0.4 is 19.3 Å². The minimum atomic E-state index is -0.244. The highest BCUT2D eigenvalue weighted by Gasteiger charge is 2.35. The van der Waals surface area contributed by atoms with E-state index in [0.29, 0.717) is 29.4 Å². The minimum Gasteiger partial charge on any atom is -0.459 e. The van der Waals surface area contributed by atoms with E-state index in [2.05, 4.69) is 0 Å². The van der Waals surface area contributed by atoms with Crippen LogP contribution >= 0.6 is 0 Å². The molecule has 2 aliphatic rings. The SMILES string of the molecule is CC(=O)N1c2ccc(-c3cccc4c3OCO4)cc2N(C(=O)c2ccco2)C[C@@H]1C. The Morgan fingerprint density at radius 2 is 1.90 bits per heavy atom. The van der Waals surface area contributed by atoms with Gasteiger partial charge in [0.2, 0.25) is 12.7 Å². The molecule has 1 atom stereocenters. The van der Waals surface area contributed by atoms with Gasteiger partial charge in [0, 0.05) is 19.0 Å². The maximum absolute atomic E-state index is 13.2. The molecular weight excluding hydrogens is 384 g/mol. The zero-order valence-electron chi connectivity index (χ0n) is 16.6. The largest absolute Gasteiger partial charge is 0.459 e.